The van der Waals surface area contributed by atoms with E-state index in [1.54, 1.807) is 36.4 Å². The number of carbonyl (C=O) groups is 2. The molecule has 0 radical (unpaired) electrons. The van der Waals surface area contributed by atoms with Gasteiger partial charge in [0.2, 0.25) is 11.8 Å². The summed E-state index contributed by atoms with van der Waals surface area (Å²) in [6.07, 6.45) is 0.901. The second-order valence-electron chi connectivity index (χ2n) is 4.96. The van der Waals surface area contributed by atoms with Crippen molar-refractivity contribution in [3.8, 4) is 0 Å². The Bertz CT molecular complexity index is 651. The van der Waals surface area contributed by atoms with Crippen LogP contribution in [0.4, 0.5) is 4.39 Å². The zero-order valence-corrected chi connectivity index (χ0v) is 12.0. The van der Waals surface area contributed by atoms with Gasteiger partial charge in [0.1, 0.15) is 5.82 Å². The molecule has 5 heteroatoms. The molecule has 22 heavy (non-hydrogen) atoms. The molecule has 0 heterocycles. The van der Waals surface area contributed by atoms with Gasteiger partial charge in [0.05, 0.1) is 0 Å². The van der Waals surface area contributed by atoms with Crippen LogP contribution in [0.1, 0.15) is 27.9 Å². The third kappa shape index (κ3) is 4.70. The van der Waals surface area contributed by atoms with Gasteiger partial charge in [-0.2, -0.15) is 0 Å². The number of hydrogen-bond acceptors (Lipinski definition) is 2. The van der Waals surface area contributed by atoms with Crippen LogP contribution in [0.3, 0.4) is 0 Å². The minimum atomic E-state index is -0.477. The molecular weight excluding hydrogens is 283 g/mol. The fourth-order valence-electron chi connectivity index (χ4n) is 1.98. The number of nitrogens with two attached hydrogens (primary N) is 1. The van der Waals surface area contributed by atoms with Crippen molar-refractivity contribution in [1.82, 2.24) is 5.32 Å². The summed E-state index contributed by atoms with van der Waals surface area (Å²) < 4.78 is 12.8. The minimum absolute atomic E-state index is 0.0803. The highest BCUT2D eigenvalue weighted by molar-refractivity contribution is 5.92. The zero-order valence-electron chi connectivity index (χ0n) is 12.0. The number of aryl methyl sites for hydroxylation is 1. The molecule has 3 N–H and O–H groups in total. The average molecular weight is 300 g/mol. The second-order valence-corrected chi connectivity index (χ2v) is 4.96. The molecule has 114 valence electrons. The molecule has 0 aliphatic heterocycles. The first-order valence-corrected chi connectivity index (χ1v) is 6.94. The maximum absolute atomic E-state index is 12.8. The van der Waals surface area contributed by atoms with Crippen molar-refractivity contribution in [3.05, 3.63) is 71.0 Å². The van der Waals surface area contributed by atoms with Crippen molar-refractivity contribution in [2.24, 2.45) is 5.73 Å². The topological polar surface area (TPSA) is 72.2 Å². The van der Waals surface area contributed by atoms with Gasteiger partial charge in [0.15, 0.2) is 0 Å². The third-order valence-electron chi connectivity index (χ3n) is 3.28. The number of primary amides is 1. The summed E-state index contributed by atoms with van der Waals surface area (Å²) >= 11 is 0. The van der Waals surface area contributed by atoms with Crippen LogP contribution in [-0.2, 0) is 17.8 Å². The third-order valence-corrected chi connectivity index (χ3v) is 3.28. The van der Waals surface area contributed by atoms with Gasteiger partial charge in [0, 0.05) is 18.5 Å². The normalized spacial score (nSPS) is 10.2. The molecule has 0 aliphatic carbocycles. The van der Waals surface area contributed by atoms with Gasteiger partial charge in [-0.1, -0.05) is 24.3 Å². The number of carbonyl (C=O) groups excluding carboxylic acids is 2. The first kappa shape index (κ1) is 15.7. The predicted molar refractivity (Wildman–Crippen MR) is 81.5 cm³/mol. The Morgan fingerprint density at radius 1 is 0.955 bits per heavy atom. The average Bonchev–Trinajstić information content (AvgIpc) is 2.52. The molecule has 2 amide bonds. The molecule has 0 spiro atoms. The van der Waals surface area contributed by atoms with Crippen molar-refractivity contribution < 1.29 is 14.0 Å². The van der Waals surface area contributed by atoms with Gasteiger partial charge in [-0.3, -0.25) is 9.59 Å². The van der Waals surface area contributed by atoms with Gasteiger partial charge >= 0.3 is 0 Å². The number of rotatable bonds is 6. The molecule has 0 saturated heterocycles. The van der Waals surface area contributed by atoms with Gasteiger partial charge in [-0.15, -0.1) is 0 Å². The molecule has 0 bridgehead atoms. The van der Waals surface area contributed by atoms with Crippen LogP contribution in [0.15, 0.2) is 48.5 Å². The number of benzene rings is 2. The number of hydrogen-bond donors (Lipinski definition) is 2. The lowest BCUT2D eigenvalue weighted by Crippen LogP contribution is -2.23. The summed E-state index contributed by atoms with van der Waals surface area (Å²) in [4.78, 5) is 22.7. The standard InChI is InChI=1S/C17H17FN2O2/c18-15-8-3-12(4-9-15)5-10-16(21)20-11-13-1-6-14(7-2-13)17(19)22/h1-4,6-9H,5,10-11H2,(H2,19,22)(H,20,21). The Morgan fingerprint density at radius 3 is 2.14 bits per heavy atom. The Morgan fingerprint density at radius 2 is 1.55 bits per heavy atom. The summed E-state index contributed by atoms with van der Waals surface area (Å²) in [5.41, 5.74) is 7.40. The highest BCUT2D eigenvalue weighted by atomic mass is 19.1. The molecule has 0 aliphatic rings. The fraction of sp³-hybridized carbons (Fsp3) is 0.176. The maximum atomic E-state index is 12.8. The molecule has 2 aromatic carbocycles. The van der Waals surface area contributed by atoms with Gasteiger partial charge < -0.3 is 11.1 Å². The van der Waals surface area contributed by atoms with E-state index in [4.69, 9.17) is 5.73 Å². The molecule has 2 aromatic rings. The van der Waals surface area contributed by atoms with Crippen LogP contribution in [0.2, 0.25) is 0 Å². The molecular formula is C17H17FN2O2. The Labute approximate surface area is 128 Å². The smallest absolute Gasteiger partial charge is 0.248 e. The van der Waals surface area contributed by atoms with Crippen molar-refractivity contribution in [2.45, 2.75) is 19.4 Å². The van der Waals surface area contributed by atoms with Crippen LogP contribution in [0.5, 0.6) is 0 Å². The van der Waals surface area contributed by atoms with Crippen LogP contribution >= 0.6 is 0 Å². The summed E-state index contributed by atoms with van der Waals surface area (Å²) in [5, 5.41) is 2.80. The lowest BCUT2D eigenvalue weighted by atomic mass is 10.1. The zero-order chi connectivity index (χ0) is 15.9. The van der Waals surface area contributed by atoms with E-state index >= 15 is 0 Å². The van der Waals surface area contributed by atoms with Gasteiger partial charge in [-0.05, 0) is 41.8 Å². The minimum Gasteiger partial charge on any atom is -0.366 e. The number of halogens is 1. The highest BCUT2D eigenvalue weighted by Gasteiger charge is 2.04. The summed E-state index contributed by atoms with van der Waals surface area (Å²) in [6.45, 7) is 0.390. The van der Waals surface area contributed by atoms with Crippen molar-refractivity contribution in [3.63, 3.8) is 0 Å². The second kappa shape index (κ2) is 7.36. The number of amides is 2. The summed E-state index contributed by atoms with van der Waals surface area (Å²) in [5.74, 6) is -0.842. The molecule has 0 unspecified atom stereocenters. The molecule has 0 saturated carbocycles. The van der Waals surface area contributed by atoms with E-state index in [2.05, 4.69) is 5.32 Å². The quantitative estimate of drug-likeness (QED) is 0.858. The van der Waals surface area contributed by atoms with Gasteiger partial charge in [-0.25, -0.2) is 4.39 Å². The Kier molecular flexibility index (Phi) is 5.25. The van der Waals surface area contributed by atoms with E-state index in [-0.39, 0.29) is 11.7 Å². The van der Waals surface area contributed by atoms with E-state index in [9.17, 15) is 14.0 Å². The van der Waals surface area contributed by atoms with E-state index in [0.717, 1.165) is 11.1 Å². The van der Waals surface area contributed by atoms with E-state index in [0.29, 0.717) is 24.9 Å². The summed E-state index contributed by atoms with van der Waals surface area (Å²) in [7, 11) is 0. The highest BCUT2D eigenvalue weighted by Crippen LogP contribution is 2.06. The van der Waals surface area contributed by atoms with Crippen molar-refractivity contribution in [1.29, 1.82) is 0 Å². The molecule has 0 fully saturated rings. The van der Waals surface area contributed by atoms with E-state index in [1.165, 1.54) is 12.1 Å². The lowest BCUT2D eigenvalue weighted by Gasteiger charge is -2.06. The SMILES string of the molecule is NC(=O)c1ccc(CNC(=O)CCc2ccc(F)cc2)cc1. The van der Waals surface area contributed by atoms with Crippen molar-refractivity contribution >= 4 is 11.8 Å². The van der Waals surface area contributed by atoms with Crippen molar-refractivity contribution in [2.75, 3.05) is 0 Å². The largest absolute Gasteiger partial charge is 0.366 e. The Hall–Kier alpha value is -2.69. The first-order chi connectivity index (χ1) is 10.5. The van der Waals surface area contributed by atoms with E-state index in [1.807, 2.05) is 0 Å². The van der Waals surface area contributed by atoms with Crippen LogP contribution in [-0.4, -0.2) is 11.8 Å². The molecule has 0 aromatic heterocycles. The molecule has 4 nitrogen and oxygen atoms in total. The van der Waals surface area contributed by atoms with E-state index < -0.39 is 5.91 Å². The van der Waals surface area contributed by atoms with Gasteiger partial charge in [0.25, 0.3) is 0 Å². The van der Waals surface area contributed by atoms with Crippen LogP contribution in [0.25, 0.3) is 0 Å². The summed E-state index contributed by atoms with van der Waals surface area (Å²) in [6, 6.07) is 12.9. The molecule has 0 atom stereocenters. The van der Waals surface area contributed by atoms with Crippen LogP contribution in [0, 0.1) is 5.82 Å². The molecule has 2 rings (SSSR count). The lowest BCUT2D eigenvalue weighted by molar-refractivity contribution is -0.121. The first-order valence-electron chi connectivity index (χ1n) is 6.94. The Balaban J connectivity index is 1.77. The predicted octanol–water partition coefficient (Wildman–Crippen LogP) is 2.17. The fourth-order valence-corrected chi connectivity index (χ4v) is 1.98. The maximum Gasteiger partial charge on any atom is 0.248 e. The van der Waals surface area contributed by atoms with Crippen LogP contribution < -0.4 is 11.1 Å². The number of nitrogens with one attached hydrogen (secondary N) is 1. The monoisotopic (exact) mass is 300 g/mol.